The molecular weight excluding hydrogens is 324 g/mol. The number of benzene rings is 1. The monoisotopic (exact) mass is 350 g/mol. The van der Waals surface area contributed by atoms with Gasteiger partial charge in [0.15, 0.2) is 0 Å². The van der Waals surface area contributed by atoms with Gasteiger partial charge >= 0.3 is 0 Å². The number of carbonyl (C=O) groups excluding carboxylic acids is 1. The lowest BCUT2D eigenvalue weighted by Crippen LogP contribution is -2.45. The summed E-state index contributed by atoms with van der Waals surface area (Å²) in [6, 6.07) is 4.15. The molecule has 1 aliphatic heterocycles. The highest BCUT2D eigenvalue weighted by atomic mass is 32.2. The Morgan fingerprint density at radius 3 is 2.29 bits per heavy atom. The highest BCUT2D eigenvalue weighted by Gasteiger charge is 2.23. The van der Waals surface area contributed by atoms with Crippen LogP contribution in [0.2, 0.25) is 0 Å². The summed E-state index contributed by atoms with van der Waals surface area (Å²) in [5, 5.41) is 0. The van der Waals surface area contributed by atoms with Crippen LogP contribution in [0.3, 0.4) is 0 Å². The number of hydrogen-bond acceptors (Lipinski definition) is 3. The number of sulfonamides is 1. The molecule has 1 saturated heterocycles. The van der Waals surface area contributed by atoms with Gasteiger partial charge in [-0.05, 0) is 61.9 Å². The quantitative estimate of drug-likeness (QED) is 0.846. The van der Waals surface area contributed by atoms with Crippen molar-refractivity contribution in [3.63, 3.8) is 0 Å². The molecule has 24 heavy (non-hydrogen) atoms. The van der Waals surface area contributed by atoms with E-state index in [1.807, 2.05) is 13.0 Å². The smallest absolute Gasteiger partial charge is 0.246 e. The van der Waals surface area contributed by atoms with Crippen molar-refractivity contribution < 1.29 is 13.2 Å². The summed E-state index contributed by atoms with van der Waals surface area (Å²) >= 11 is 0. The minimum atomic E-state index is -3.19. The molecule has 0 radical (unpaired) electrons. The Labute approximate surface area is 144 Å². The molecule has 0 spiro atoms. The molecule has 2 rings (SSSR count). The standard InChI is InChI=1S/C18H26N2O3S/c1-13-11-15(3)16(12-14(13)2)5-6-18(21)20-9-7-17(8-10-20)19-24(4,22)23/h5-6,11-12,17,19H,7-10H2,1-4H3/b6-5+. The maximum absolute atomic E-state index is 12.3. The fourth-order valence-electron chi connectivity index (χ4n) is 2.95. The van der Waals surface area contributed by atoms with Gasteiger partial charge in [-0.3, -0.25) is 4.79 Å². The lowest BCUT2D eigenvalue weighted by Gasteiger charge is -2.31. The van der Waals surface area contributed by atoms with Gasteiger partial charge in [0, 0.05) is 25.2 Å². The topological polar surface area (TPSA) is 66.5 Å². The van der Waals surface area contributed by atoms with E-state index in [4.69, 9.17) is 0 Å². The summed E-state index contributed by atoms with van der Waals surface area (Å²) in [7, 11) is -3.19. The first-order valence-electron chi connectivity index (χ1n) is 8.18. The molecule has 132 valence electrons. The van der Waals surface area contributed by atoms with Crippen molar-refractivity contribution >= 4 is 22.0 Å². The molecule has 1 amide bonds. The maximum Gasteiger partial charge on any atom is 0.246 e. The van der Waals surface area contributed by atoms with E-state index in [1.165, 1.54) is 17.4 Å². The Kier molecular flexibility index (Phi) is 5.83. The predicted molar refractivity (Wildman–Crippen MR) is 97.3 cm³/mol. The zero-order chi connectivity index (χ0) is 17.9. The van der Waals surface area contributed by atoms with E-state index >= 15 is 0 Å². The van der Waals surface area contributed by atoms with Crippen molar-refractivity contribution in [2.24, 2.45) is 0 Å². The van der Waals surface area contributed by atoms with Gasteiger partial charge in [-0.15, -0.1) is 0 Å². The van der Waals surface area contributed by atoms with E-state index in [1.54, 1.807) is 11.0 Å². The van der Waals surface area contributed by atoms with Crippen LogP contribution in [0.5, 0.6) is 0 Å². The normalized spacial score (nSPS) is 16.8. The number of nitrogens with zero attached hydrogens (tertiary/aromatic N) is 1. The zero-order valence-electron chi connectivity index (χ0n) is 14.8. The van der Waals surface area contributed by atoms with Crippen molar-refractivity contribution in [2.45, 2.75) is 39.7 Å². The second-order valence-corrected chi connectivity index (χ2v) is 8.40. The summed E-state index contributed by atoms with van der Waals surface area (Å²) in [5.41, 5.74) is 4.66. The van der Waals surface area contributed by atoms with Gasteiger partial charge in [-0.1, -0.05) is 12.1 Å². The number of carbonyl (C=O) groups is 1. The highest BCUT2D eigenvalue weighted by molar-refractivity contribution is 7.88. The summed E-state index contributed by atoms with van der Waals surface area (Å²) in [5.74, 6) is -0.0227. The van der Waals surface area contributed by atoms with Gasteiger partial charge in [0.1, 0.15) is 0 Å². The Bertz CT molecular complexity index is 746. The van der Waals surface area contributed by atoms with Crippen molar-refractivity contribution in [1.82, 2.24) is 9.62 Å². The Hall–Kier alpha value is -1.66. The number of piperidine rings is 1. The third-order valence-electron chi connectivity index (χ3n) is 4.48. The van der Waals surface area contributed by atoms with Crippen molar-refractivity contribution in [1.29, 1.82) is 0 Å². The minimum Gasteiger partial charge on any atom is -0.339 e. The second kappa shape index (κ2) is 7.49. The Morgan fingerprint density at radius 2 is 1.71 bits per heavy atom. The summed E-state index contributed by atoms with van der Waals surface area (Å²) in [6.45, 7) is 7.33. The summed E-state index contributed by atoms with van der Waals surface area (Å²) in [4.78, 5) is 14.1. The third kappa shape index (κ3) is 5.18. The first-order chi connectivity index (χ1) is 11.2. The molecule has 0 atom stereocenters. The van der Waals surface area contributed by atoms with Crippen LogP contribution in [0.1, 0.15) is 35.1 Å². The number of likely N-dealkylation sites (tertiary alicyclic amines) is 1. The average Bonchev–Trinajstić information content (AvgIpc) is 2.48. The van der Waals surface area contributed by atoms with Gasteiger partial charge in [0.05, 0.1) is 6.26 Å². The van der Waals surface area contributed by atoms with E-state index < -0.39 is 10.0 Å². The third-order valence-corrected chi connectivity index (χ3v) is 5.24. The molecule has 1 heterocycles. The molecule has 1 aromatic rings. The summed E-state index contributed by atoms with van der Waals surface area (Å²) < 4.78 is 25.1. The fraction of sp³-hybridized carbons (Fsp3) is 0.500. The van der Waals surface area contributed by atoms with E-state index in [0.717, 1.165) is 11.1 Å². The number of aryl methyl sites for hydroxylation is 3. The molecule has 0 saturated carbocycles. The van der Waals surface area contributed by atoms with Crippen LogP contribution in [0, 0.1) is 20.8 Å². The molecule has 0 aliphatic carbocycles. The molecule has 0 bridgehead atoms. The molecule has 0 aromatic heterocycles. The molecule has 5 nitrogen and oxygen atoms in total. The van der Waals surface area contributed by atoms with Crippen molar-refractivity contribution in [3.05, 3.63) is 40.5 Å². The molecule has 1 N–H and O–H groups in total. The SMILES string of the molecule is Cc1cc(C)c(/C=C/C(=O)N2CCC(NS(C)(=O)=O)CC2)cc1C. The van der Waals surface area contributed by atoms with Crippen LogP contribution in [-0.4, -0.2) is 44.6 Å². The van der Waals surface area contributed by atoms with Crippen LogP contribution in [0.15, 0.2) is 18.2 Å². The van der Waals surface area contributed by atoms with Crippen LogP contribution >= 0.6 is 0 Å². The first-order valence-corrected chi connectivity index (χ1v) is 10.1. The van der Waals surface area contributed by atoms with Crippen LogP contribution < -0.4 is 4.72 Å². The Balaban J connectivity index is 1.95. The molecule has 1 fully saturated rings. The average molecular weight is 350 g/mol. The maximum atomic E-state index is 12.3. The number of rotatable bonds is 4. The molecule has 1 aliphatic rings. The Morgan fingerprint density at radius 1 is 1.12 bits per heavy atom. The molecule has 6 heteroatoms. The number of amides is 1. The molecule has 0 unspecified atom stereocenters. The minimum absolute atomic E-state index is 0.0227. The van der Waals surface area contributed by atoms with E-state index in [0.29, 0.717) is 25.9 Å². The zero-order valence-corrected chi connectivity index (χ0v) is 15.6. The van der Waals surface area contributed by atoms with Crippen molar-refractivity contribution in [2.75, 3.05) is 19.3 Å². The van der Waals surface area contributed by atoms with E-state index in [2.05, 4.69) is 30.7 Å². The largest absolute Gasteiger partial charge is 0.339 e. The van der Waals surface area contributed by atoms with Gasteiger partial charge in [-0.25, -0.2) is 13.1 Å². The second-order valence-electron chi connectivity index (χ2n) is 6.62. The number of hydrogen-bond donors (Lipinski definition) is 1. The predicted octanol–water partition coefficient (Wildman–Crippen LogP) is 2.17. The van der Waals surface area contributed by atoms with E-state index in [9.17, 15) is 13.2 Å². The van der Waals surface area contributed by atoms with Crippen LogP contribution in [0.4, 0.5) is 0 Å². The van der Waals surface area contributed by atoms with Gasteiger partial charge in [0.2, 0.25) is 15.9 Å². The lowest BCUT2D eigenvalue weighted by molar-refractivity contribution is -0.126. The van der Waals surface area contributed by atoms with Gasteiger partial charge in [0.25, 0.3) is 0 Å². The lowest BCUT2D eigenvalue weighted by atomic mass is 10.0. The van der Waals surface area contributed by atoms with Crippen LogP contribution in [-0.2, 0) is 14.8 Å². The highest BCUT2D eigenvalue weighted by Crippen LogP contribution is 2.17. The molecule has 1 aromatic carbocycles. The first kappa shape index (κ1) is 18.7. The van der Waals surface area contributed by atoms with Gasteiger partial charge in [-0.2, -0.15) is 0 Å². The summed E-state index contributed by atoms with van der Waals surface area (Å²) in [6.07, 6.45) is 5.94. The molecular formula is C18H26N2O3S. The fourth-order valence-corrected chi connectivity index (χ4v) is 3.79. The van der Waals surface area contributed by atoms with Crippen molar-refractivity contribution in [3.8, 4) is 0 Å². The van der Waals surface area contributed by atoms with E-state index in [-0.39, 0.29) is 11.9 Å². The van der Waals surface area contributed by atoms with Gasteiger partial charge < -0.3 is 4.90 Å². The number of nitrogens with one attached hydrogen (secondary N) is 1. The van der Waals surface area contributed by atoms with Crippen LogP contribution in [0.25, 0.3) is 6.08 Å².